The summed E-state index contributed by atoms with van der Waals surface area (Å²) < 4.78 is 24.2. The molecule has 0 aliphatic rings. The minimum Gasteiger partial charge on any atom is -0.399 e. The zero-order chi connectivity index (χ0) is 12.2. The number of nitrogen functional groups attached to an aromatic ring is 1. The van der Waals surface area contributed by atoms with Gasteiger partial charge in [0.25, 0.3) is 0 Å². The highest BCUT2D eigenvalue weighted by Crippen LogP contribution is 2.22. The van der Waals surface area contributed by atoms with Gasteiger partial charge in [0.2, 0.25) is 0 Å². The van der Waals surface area contributed by atoms with Crippen LogP contribution < -0.4 is 5.73 Å². The fourth-order valence-corrected chi connectivity index (χ4v) is 3.73. The van der Waals surface area contributed by atoms with Gasteiger partial charge in [-0.2, -0.15) is 0 Å². The zero-order valence-corrected chi connectivity index (χ0v) is 11.9. The van der Waals surface area contributed by atoms with Gasteiger partial charge in [0.15, 0.2) is 9.84 Å². The fraction of sp³-hybridized carbons (Fsp3) is 0.400. The van der Waals surface area contributed by atoms with Crippen molar-refractivity contribution in [2.24, 2.45) is 0 Å². The zero-order valence-electron chi connectivity index (χ0n) is 9.09. The number of rotatable bonds is 5. The SMILES string of the molecule is CC(CCSP)S(=O)(=O)c1ccc(N)cc1. The Labute approximate surface area is 103 Å². The van der Waals surface area contributed by atoms with Crippen molar-refractivity contribution in [3.05, 3.63) is 24.3 Å². The maximum absolute atomic E-state index is 12.1. The number of hydrogen-bond donors (Lipinski definition) is 1. The van der Waals surface area contributed by atoms with Gasteiger partial charge in [-0.15, -0.1) is 11.4 Å². The molecule has 3 nitrogen and oxygen atoms in total. The lowest BCUT2D eigenvalue weighted by molar-refractivity contribution is 0.581. The second-order valence-corrected chi connectivity index (χ2v) is 7.69. The van der Waals surface area contributed by atoms with Gasteiger partial charge in [0, 0.05) is 5.69 Å². The Bertz CT molecular complexity index is 431. The molecule has 2 N–H and O–H groups in total. The van der Waals surface area contributed by atoms with Crippen LogP contribution in [0.3, 0.4) is 0 Å². The van der Waals surface area contributed by atoms with Gasteiger partial charge in [-0.25, -0.2) is 8.42 Å². The first-order valence-corrected chi connectivity index (χ1v) is 8.90. The largest absolute Gasteiger partial charge is 0.399 e. The maximum atomic E-state index is 12.1. The molecule has 0 heterocycles. The minimum absolute atomic E-state index is 0.350. The summed E-state index contributed by atoms with van der Waals surface area (Å²) in [4.78, 5) is 0.350. The van der Waals surface area contributed by atoms with E-state index in [0.29, 0.717) is 17.0 Å². The van der Waals surface area contributed by atoms with E-state index >= 15 is 0 Å². The van der Waals surface area contributed by atoms with E-state index in [2.05, 4.69) is 8.44 Å². The molecule has 0 aliphatic carbocycles. The average Bonchev–Trinajstić information content (AvgIpc) is 2.26. The molecule has 0 bridgehead atoms. The van der Waals surface area contributed by atoms with Gasteiger partial charge in [-0.1, -0.05) is 8.44 Å². The number of nitrogens with two attached hydrogens (primary N) is 1. The van der Waals surface area contributed by atoms with Crippen molar-refractivity contribution < 1.29 is 8.42 Å². The van der Waals surface area contributed by atoms with Crippen molar-refractivity contribution in [3.63, 3.8) is 0 Å². The number of hydrogen-bond acceptors (Lipinski definition) is 4. The molecular weight excluding hydrogens is 261 g/mol. The molecule has 6 heteroatoms. The topological polar surface area (TPSA) is 60.2 Å². The van der Waals surface area contributed by atoms with Crippen molar-refractivity contribution in [1.29, 1.82) is 0 Å². The number of benzene rings is 1. The Morgan fingerprint density at radius 2 is 1.94 bits per heavy atom. The molecule has 0 spiro atoms. The van der Waals surface area contributed by atoms with Crippen molar-refractivity contribution in [2.45, 2.75) is 23.5 Å². The first-order valence-electron chi connectivity index (χ1n) is 4.89. The molecule has 0 fully saturated rings. The van der Waals surface area contributed by atoms with Crippen molar-refractivity contribution >= 4 is 35.3 Å². The summed E-state index contributed by atoms with van der Waals surface area (Å²) in [5.41, 5.74) is 6.10. The molecule has 2 unspecified atom stereocenters. The fourth-order valence-electron chi connectivity index (χ4n) is 1.28. The van der Waals surface area contributed by atoms with E-state index < -0.39 is 9.84 Å². The lowest BCUT2D eigenvalue weighted by atomic mass is 10.3. The van der Waals surface area contributed by atoms with Crippen LogP contribution in [-0.2, 0) is 9.84 Å². The summed E-state index contributed by atoms with van der Waals surface area (Å²) in [6.45, 7) is 1.74. The second-order valence-electron chi connectivity index (χ2n) is 3.58. The highest BCUT2D eigenvalue weighted by Gasteiger charge is 2.22. The lowest BCUT2D eigenvalue weighted by Crippen LogP contribution is -2.18. The molecule has 90 valence electrons. The first-order chi connectivity index (χ1) is 7.48. The molecule has 2 atom stereocenters. The van der Waals surface area contributed by atoms with Crippen LogP contribution >= 0.6 is 19.8 Å². The van der Waals surface area contributed by atoms with Gasteiger partial charge in [-0.3, -0.25) is 0 Å². The van der Waals surface area contributed by atoms with Crippen LogP contribution in [0.15, 0.2) is 29.2 Å². The van der Waals surface area contributed by atoms with Crippen molar-refractivity contribution in [3.8, 4) is 0 Å². The van der Waals surface area contributed by atoms with E-state index in [1.54, 1.807) is 42.6 Å². The van der Waals surface area contributed by atoms with Gasteiger partial charge in [0.05, 0.1) is 10.1 Å². The normalized spacial score (nSPS) is 13.6. The van der Waals surface area contributed by atoms with Gasteiger partial charge in [0.1, 0.15) is 0 Å². The Morgan fingerprint density at radius 3 is 2.44 bits per heavy atom. The van der Waals surface area contributed by atoms with Gasteiger partial charge >= 0.3 is 0 Å². The van der Waals surface area contributed by atoms with E-state index in [9.17, 15) is 8.42 Å². The standard InChI is InChI=1S/C10H16NO2PS2/c1-8(6-7-15-14)16(12,13)10-4-2-9(11)3-5-10/h2-5,8H,6-7,11,14H2,1H3. The molecule has 0 aliphatic heterocycles. The number of sulfone groups is 1. The van der Waals surface area contributed by atoms with Crippen LogP contribution in [0.1, 0.15) is 13.3 Å². The molecule has 0 saturated carbocycles. The highest BCUT2D eigenvalue weighted by molar-refractivity contribution is 8.43. The maximum Gasteiger partial charge on any atom is 0.180 e. The molecule has 0 saturated heterocycles. The van der Waals surface area contributed by atoms with Gasteiger partial charge in [-0.05, 0) is 43.4 Å². The second kappa shape index (κ2) is 5.89. The van der Waals surface area contributed by atoms with E-state index in [0.717, 1.165) is 5.75 Å². The van der Waals surface area contributed by atoms with Crippen LogP contribution in [0.25, 0.3) is 0 Å². The summed E-state index contributed by atoms with van der Waals surface area (Å²) in [5, 5.41) is -0.357. The van der Waals surface area contributed by atoms with Crippen LogP contribution in [-0.4, -0.2) is 19.4 Å². The molecule has 1 aromatic rings. The number of anilines is 1. The molecule has 0 amide bonds. The molecule has 1 rings (SSSR count). The van der Waals surface area contributed by atoms with Crippen LogP contribution in [0.5, 0.6) is 0 Å². The molecular formula is C10H16NO2PS2. The molecule has 0 aromatic heterocycles. The van der Waals surface area contributed by atoms with Crippen LogP contribution in [0.4, 0.5) is 5.69 Å². The Kier molecular flexibility index (Phi) is 5.09. The van der Waals surface area contributed by atoms with E-state index in [1.165, 1.54) is 0 Å². The van der Waals surface area contributed by atoms with Gasteiger partial charge < -0.3 is 5.73 Å². The smallest absolute Gasteiger partial charge is 0.180 e. The quantitative estimate of drug-likeness (QED) is 0.663. The predicted molar refractivity (Wildman–Crippen MR) is 74.3 cm³/mol. The summed E-state index contributed by atoms with van der Waals surface area (Å²) in [6.07, 6.45) is 0.654. The lowest BCUT2D eigenvalue weighted by Gasteiger charge is -2.12. The van der Waals surface area contributed by atoms with Crippen molar-refractivity contribution in [2.75, 3.05) is 11.5 Å². The summed E-state index contributed by atoms with van der Waals surface area (Å²) in [6, 6.07) is 6.36. The monoisotopic (exact) mass is 277 g/mol. The highest BCUT2D eigenvalue weighted by atomic mass is 32.7. The van der Waals surface area contributed by atoms with Crippen molar-refractivity contribution in [1.82, 2.24) is 0 Å². The summed E-state index contributed by atoms with van der Waals surface area (Å²) in [7, 11) is -0.680. The third kappa shape index (κ3) is 3.37. The average molecular weight is 277 g/mol. The summed E-state index contributed by atoms with van der Waals surface area (Å²) in [5.74, 6) is 0.819. The first kappa shape index (κ1) is 13.8. The Morgan fingerprint density at radius 1 is 1.38 bits per heavy atom. The summed E-state index contributed by atoms with van der Waals surface area (Å²) >= 11 is 1.58. The van der Waals surface area contributed by atoms with E-state index in [1.807, 2.05) is 0 Å². The Balaban J connectivity index is 2.89. The third-order valence-corrected chi connectivity index (χ3v) is 5.78. The molecule has 16 heavy (non-hydrogen) atoms. The third-order valence-electron chi connectivity index (χ3n) is 2.38. The van der Waals surface area contributed by atoms with E-state index in [4.69, 9.17) is 5.73 Å². The molecule has 0 radical (unpaired) electrons. The minimum atomic E-state index is -3.21. The van der Waals surface area contributed by atoms with Crippen LogP contribution in [0, 0.1) is 0 Å². The predicted octanol–water partition coefficient (Wildman–Crippen LogP) is 2.34. The van der Waals surface area contributed by atoms with E-state index in [-0.39, 0.29) is 5.25 Å². The Hall–Kier alpha value is -0.250. The molecule has 1 aromatic carbocycles. The van der Waals surface area contributed by atoms with Crippen LogP contribution in [0.2, 0.25) is 0 Å².